The molecule has 0 aliphatic carbocycles. The quantitative estimate of drug-likeness (QED) is 0.528. The molecule has 0 bridgehead atoms. The lowest BCUT2D eigenvalue weighted by Crippen LogP contribution is -2.28. The van der Waals surface area contributed by atoms with Gasteiger partial charge in [-0.2, -0.15) is 5.26 Å². The van der Waals surface area contributed by atoms with Crippen LogP contribution in [0.25, 0.3) is 5.57 Å². The van der Waals surface area contributed by atoms with Crippen LogP contribution in [0.4, 0.5) is 0 Å². The molecule has 0 saturated carbocycles. The average molecular weight is 317 g/mol. The Morgan fingerprint density at radius 2 is 2.22 bits per heavy atom. The van der Waals surface area contributed by atoms with Crippen LogP contribution < -0.4 is 0 Å². The third-order valence-electron chi connectivity index (χ3n) is 2.87. The number of hydrogen-bond acceptors (Lipinski definition) is 7. The van der Waals surface area contributed by atoms with E-state index in [1.54, 1.807) is 36.4 Å². The SMILES string of the molecule is CCOC(=O)CCN(/C=C(/C#N)c1cccnc1)CC(=O)OC. The lowest BCUT2D eigenvalue weighted by Gasteiger charge is -2.19. The molecule has 0 aliphatic heterocycles. The van der Waals surface area contributed by atoms with E-state index in [1.165, 1.54) is 13.3 Å². The first-order chi connectivity index (χ1) is 11.1. The van der Waals surface area contributed by atoms with Gasteiger partial charge in [-0.25, -0.2) is 0 Å². The van der Waals surface area contributed by atoms with Crippen LogP contribution >= 0.6 is 0 Å². The molecular weight excluding hydrogens is 298 g/mol. The number of aromatic nitrogens is 1. The lowest BCUT2D eigenvalue weighted by atomic mass is 10.1. The van der Waals surface area contributed by atoms with Crippen LogP contribution in [0.3, 0.4) is 0 Å². The number of rotatable bonds is 8. The van der Waals surface area contributed by atoms with Crippen molar-refractivity contribution in [2.24, 2.45) is 0 Å². The molecule has 1 heterocycles. The molecule has 23 heavy (non-hydrogen) atoms. The molecule has 1 aromatic heterocycles. The largest absolute Gasteiger partial charge is 0.468 e. The second-order valence-corrected chi connectivity index (χ2v) is 4.50. The van der Waals surface area contributed by atoms with Crippen LogP contribution in [0.2, 0.25) is 0 Å². The monoisotopic (exact) mass is 317 g/mol. The number of ether oxygens (including phenoxy) is 2. The van der Waals surface area contributed by atoms with Gasteiger partial charge in [0, 0.05) is 30.7 Å². The molecule has 0 radical (unpaired) electrons. The van der Waals surface area contributed by atoms with E-state index < -0.39 is 5.97 Å². The van der Waals surface area contributed by atoms with E-state index in [0.717, 1.165) is 0 Å². The molecule has 0 aromatic carbocycles. The summed E-state index contributed by atoms with van der Waals surface area (Å²) in [6, 6.07) is 5.52. The highest BCUT2D eigenvalue weighted by molar-refractivity contribution is 5.77. The van der Waals surface area contributed by atoms with Crippen molar-refractivity contribution in [1.29, 1.82) is 5.26 Å². The predicted octanol–water partition coefficient (Wildman–Crippen LogP) is 1.37. The molecule has 0 fully saturated rings. The number of carbonyl (C=O) groups excluding carboxylic acids is 2. The maximum atomic E-state index is 11.5. The van der Waals surface area contributed by atoms with Gasteiger partial charge in [0.05, 0.1) is 25.7 Å². The van der Waals surface area contributed by atoms with Gasteiger partial charge in [-0.05, 0) is 13.0 Å². The summed E-state index contributed by atoms with van der Waals surface area (Å²) in [7, 11) is 1.28. The summed E-state index contributed by atoms with van der Waals surface area (Å²) in [6.45, 7) is 2.19. The summed E-state index contributed by atoms with van der Waals surface area (Å²) in [5.41, 5.74) is 0.965. The first-order valence-corrected chi connectivity index (χ1v) is 7.09. The Kier molecular flexibility index (Phi) is 7.86. The zero-order valence-electron chi connectivity index (χ0n) is 13.2. The van der Waals surface area contributed by atoms with Gasteiger partial charge in [0.2, 0.25) is 0 Å². The zero-order chi connectivity index (χ0) is 17.1. The normalized spacial score (nSPS) is 10.6. The maximum absolute atomic E-state index is 11.5. The van der Waals surface area contributed by atoms with E-state index in [-0.39, 0.29) is 25.5 Å². The molecule has 0 unspecified atom stereocenters. The van der Waals surface area contributed by atoms with Crippen molar-refractivity contribution < 1.29 is 19.1 Å². The molecule has 7 heteroatoms. The fourth-order valence-corrected chi connectivity index (χ4v) is 1.76. The molecule has 1 rings (SSSR count). The Labute approximate surface area is 135 Å². The first kappa shape index (κ1) is 18.2. The highest BCUT2D eigenvalue weighted by Gasteiger charge is 2.12. The number of hydrogen-bond donors (Lipinski definition) is 0. The van der Waals surface area contributed by atoms with E-state index >= 15 is 0 Å². The molecule has 0 N–H and O–H groups in total. The summed E-state index contributed by atoms with van der Waals surface area (Å²) >= 11 is 0. The van der Waals surface area contributed by atoms with Crippen molar-refractivity contribution in [1.82, 2.24) is 9.88 Å². The van der Waals surface area contributed by atoms with Gasteiger partial charge < -0.3 is 14.4 Å². The van der Waals surface area contributed by atoms with Crippen LogP contribution in [0.1, 0.15) is 18.9 Å². The van der Waals surface area contributed by atoms with Gasteiger partial charge in [-0.15, -0.1) is 0 Å². The van der Waals surface area contributed by atoms with Crippen LogP contribution in [0, 0.1) is 11.3 Å². The molecule has 7 nitrogen and oxygen atoms in total. The number of allylic oxidation sites excluding steroid dienone is 1. The average Bonchev–Trinajstić information content (AvgIpc) is 2.58. The van der Waals surface area contributed by atoms with Gasteiger partial charge in [0.15, 0.2) is 0 Å². The number of carbonyl (C=O) groups is 2. The van der Waals surface area contributed by atoms with E-state index in [1.807, 2.05) is 0 Å². The van der Waals surface area contributed by atoms with Crippen molar-refractivity contribution in [3.63, 3.8) is 0 Å². The highest BCUT2D eigenvalue weighted by atomic mass is 16.5. The Morgan fingerprint density at radius 3 is 2.78 bits per heavy atom. The fraction of sp³-hybridized carbons (Fsp3) is 0.375. The summed E-state index contributed by atoms with van der Waals surface area (Å²) < 4.78 is 9.50. The molecule has 0 spiro atoms. The van der Waals surface area contributed by atoms with Gasteiger partial charge in [-0.1, -0.05) is 6.07 Å². The molecule has 1 aromatic rings. The molecule has 0 atom stereocenters. The number of pyridine rings is 1. The number of nitrogens with zero attached hydrogens (tertiary/aromatic N) is 3. The third kappa shape index (κ3) is 6.61. The molecule has 0 amide bonds. The second kappa shape index (κ2) is 9.95. The van der Waals surface area contributed by atoms with Crippen molar-refractivity contribution in [2.45, 2.75) is 13.3 Å². The minimum Gasteiger partial charge on any atom is -0.468 e. The molecule has 0 saturated heterocycles. The van der Waals surface area contributed by atoms with Gasteiger partial charge in [-0.3, -0.25) is 14.6 Å². The van der Waals surface area contributed by atoms with Crippen LogP contribution in [0.5, 0.6) is 0 Å². The third-order valence-corrected chi connectivity index (χ3v) is 2.87. The van der Waals surface area contributed by atoms with Crippen molar-refractivity contribution in [3.8, 4) is 6.07 Å². The van der Waals surface area contributed by atoms with E-state index in [2.05, 4.69) is 15.8 Å². The topological polar surface area (TPSA) is 92.5 Å². The second-order valence-electron chi connectivity index (χ2n) is 4.50. The Bertz CT molecular complexity index is 593. The van der Waals surface area contributed by atoms with Crippen LogP contribution in [-0.2, 0) is 19.1 Å². The summed E-state index contributed by atoms with van der Waals surface area (Å²) in [6.07, 6.45) is 4.78. The standard InChI is InChI=1S/C16H19N3O4/c1-3-23-15(20)6-8-19(12-16(21)22-2)11-14(9-17)13-5-4-7-18-10-13/h4-5,7,10-11H,3,6,8,12H2,1-2H3/b14-11-. The predicted molar refractivity (Wildman–Crippen MR) is 82.7 cm³/mol. The van der Waals surface area contributed by atoms with E-state index in [9.17, 15) is 14.9 Å². The van der Waals surface area contributed by atoms with E-state index in [4.69, 9.17) is 4.74 Å². The summed E-state index contributed by atoms with van der Waals surface area (Å²) in [5, 5.41) is 9.30. The Balaban J connectivity index is 2.89. The van der Waals surface area contributed by atoms with Crippen molar-refractivity contribution >= 4 is 17.5 Å². The van der Waals surface area contributed by atoms with Crippen LogP contribution in [0.15, 0.2) is 30.7 Å². The minimum atomic E-state index is -0.464. The number of methoxy groups -OCH3 is 1. The highest BCUT2D eigenvalue weighted by Crippen LogP contribution is 2.13. The van der Waals surface area contributed by atoms with Gasteiger partial charge >= 0.3 is 11.9 Å². The van der Waals surface area contributed by atoms with Crippen LogP contribution in [-0.4, -0.2) is 48.6 Å². The summed E-state index contributed by atoms with van der Waals surface area (Å²) in [4.78, 5) is 28.5. The summed E-state index contributed by atoms with van der Waals surface area (Å²) in [5.74, 6) is -0.829. The fourth-order valence-electron chi connectivity index (χ4n) is 1.76. The smallest absolute Gasteiger partial charge is 0.325 e. The Hall–Kier alpha value is -2.88. The maximum Gasteiger partial charge on any atom is 0.325 e. The van der Waals surface area contributed by atoms with Crippen molar-refractivity contribution in [2.75, 3.05) is 26.8 Å². The molecular formula is C16H19N3O4. The lowest BCUT2D eigenvalue weighted by molar-refractivity contribution is -0.145. The van der Waals surface area contributed by atoms with Gasteiger partial charge in [0.1, 0.15) is 12.6 Å². The number of esters is 2. The minimum absolute atomic E-state index is 0.0681. The molecule has 0 aliphatic rings. The van der Waals surface area contributed by atoms with Crippen molar-refractivity contribution in [3.05, 3.63) is 36.3 Å². The Morgan fingerprint density at radius 1 is 1.43 bits per heavy atom. The number of nitriles is 1. The zero-order valence-corrected chi connectivity index (χ0v) is 13.2. The van der Waals surface area contributed by atoms with E-state index in [0.29, 0.717) is 17.7 Å². The first-order valence-electron chi connectivity index (χ1n) is 7.09. The van der Waals surface area contributed by atoms with Gasteiger partial charge in [0.25, 0.3) is 0 Å². The molecule has 122 valence electrons.